The van der Waals surface area contributed by atoms with Crippen molar-refractivity contribution in [2.45, 2.75) is 6.42 Å². The van der Waals surface area contributed by atoms with Crippen molar-refractivity contribution in [2.75, 3.05) is 18.4 Å². The van der Waals surface area contributed by atoms with Gasteiger partial charge in [0.1, 0.15) is 5.52 Å². The second-order valence-corrected chi connectivity index (χ2v) is 3.53. The van der Waals surface area contributed by atoms with Crippen LogP contribution in [0.5, 0.6) is 0 Å². The van der Waals surface area contributed by atoms with Crippen molar-refractivity contribution in [1.82, 2.24) is 10.1 Å². The van der Waals surface area contributed by atoms with Gasteiger partial charge in [0.15, 0.2) is 0 Å². The van der Waals surface area contributed by atoms with E-state index in [1.54, 1.807) is 24.3 Å². The van der Waals surface area contributed by atoms with Crippen LogP contribution in [0, 0.1) is 5.21 Å². The minimum absolute atomic E-state index is 0.268. The van der Waals surface area contributed by atoms with Crippen molar-refractivity contribution in [3.63, 3.8) is 0 Å². The summed E-state index contributed by atoms with van der Waals surface area (Å²) in [6.07, 6.45) is 0.652. The highest BCUT2D eigenvalue weighted by Gasteiger charge is 2.08. The van der Waals surface area contributed by atoms with Crippen LogP contribution in [0.2, 0.25) is 0 Å². The number of anilines is 1. The summed E-state index contributed by atoms with van der Waals surface area (Å²) in [6.45, 7) is 0.936. The maximum absolute atomic E-state index is 11.6. The molecular weight excluding hydrogens is 234 g/mol. The molecule has 92 valence electrons. The van der Waals surface area contributed by atoms with Gasteiger partial charge in [-0.2, -0.15) is 0 Å². The molecule has 0 radical (unpaired) electrons. The van der Waals surface area contributed by atoms with Gasteiger partial charge in [-0.3, -0.25) is 0 Å². The Morgan fingerprint density at radius 3 is 3.11 bits per heavy atom. The van der Waals surface area contributed by atoms with E-state index in [9.17, 15) is 5.21 Å². The summed E-state index contributed by atoms with van der Waals surface area (Å²) >= 11 is 0. The van der Waals surface area contributed by atoms with Gasteiger partial charge in [0.25, 0.3) is 11.5 Å². The fourth-order valence-electron chi connectivity index (χ4n) is 1.47. The first-order valence-electron chi connectivity index (χ1n) is 5.42. The number of azide groups is 1. The van der Waals surface area contributed by atoms with E-state index in [-0.39, 0.29) is 5.95 Å². The summed E-state index contributed by atoms with van der Waals surface area (Å²) in [7, 11) is 0. The molecule has 18 heavy (non-hydrogen) atoms. The molecule has 8 heteroatoms. The molecule has 2 rings (SSSR count). The standard InChI is InChI=1S/C10H11N7O/c11-16-13-7-3-6-12-10-14-8-4-1-2-5-9(8)17(18)15-10/h1-2,4-5H,3,6-7H2,(H,12,14,15). The van der Waals surface area contributed by atoms with E-state index in [2.05, 4.69) is 25.4 Å². The third-order valence-electron chi connectivity index (χ3n) is 2.28. The Hall–Kier alpha value is -2.60. The average Bonchev–Trinajstić information content (AvgIpc) is 2.39. The van der Waals surface area contributed by atoms with Crippen molar-refractivity contribution in [3.05, 3.63) is 39.9 Å². The molecule has 0 aliphatic carbocycles. The van der Waals surface area contributed by atoms with Gasteiger partial charge >= 0.3 is 0 Å². The van der Waals surface area contributed by atoms with Gasteiger partial charge in [-0.15, -0.1) is 0 Å². The Labute approximate surface area is 102 Å². The van der Waals surface area contributed by atoms with Crippen LogP contribution in [0.15, 0.2) is 29.4 Å². The first kappa shape index (κ1) is 11.9. The molecule has 2 aromatic rings. The molecule has 0 aliphatic heterocycles. The number of hydrogen-bond acceptors (Lipinski definition) is 5. The molecule has 0 saturated heterocycles. The third kappa shape index (κ3) is 2.74. The van der Waals surface area contributed by atoms with E-state index >= 15 is 0 Å². The molecule has 0 bridgehead atoms. The van der Waals surface area contributed by atoms with E-state index in [4.69, 9.17) is 5.53 Å². The fourth-order valence-corrected chi connectivity index (χ4v) is 1.47. The van der Waals surface area contributed by atoms with Gasteiger partial charge < -0.3 is 10.5 Å². The van der Waals surface area contributed by atoms with Gasteiger partial charge in [-0.1, -0.05) is 17.2 Å². The Bertz CT molecular complexity index is 594. The number of para-hydroxylation sites is 2. The lowest BCUT2D eigenvalue weighted by Crippen LogP contribution is -2.33. The molecule has 0 aliphatic rings. The number of fused-ring (bicyclic) bond motifs is 1. The molecule has 1 aromatic heterocycles. The Morgan fingerprint density at radius 1 is 1.44 bits per heavy atom. The number of aromatic nitrogens is 3. The summed E-state index contributed by atoms with van der Waals surface area (Å²) in [5.41, 5.74) is 9.12. The highest BCUT2D eigenvalue weighted by molar-refractivity contribution is 5.71. The van der Waals surface area contributed by atoms with Crippen molar-refractivity contribution >= 4 is 17.0 Å². The maximum atomic E-state index is 11.6. The lowest BCUT2D eigenvalue weighted by molar-refractivity contribution is -0.641. The molecular formula is C10H11N7O. The van der Waals surface area contributed by atoms with E-state index in [0.29, 0.717) is 35.4 Å². The lowest BCUT2D eigenvalue weighted by Gasteiger charge is -2.03. The average molecular weight is 245 g/mol. The SMILES string of the molecule is [N-]=[N+]=NCCCNc1nc2ccccc2[n+]([O-])n1. The van der Waals surface area contributed by atoms with Crippen LogP contribution < -0.4 is 10.2 Å². The molecule has 0 unspecified atom stereocenters. The molecule has 0 atom stereocenters. The summed E-state index contributed by atoms with van der Waals surface area (Å²) < 4.78 is 0. The Kier molecular flexibility index (Phi) is 3.72. The highest BCUT2D eigenvalue weighted by atomic mass is 16.5. The quantitative estimate of drug-likeness (QED) is 0.214. The first-order valence-corrected chi connectivity index (χ1v) is 5.42. The maximum Gasteiger partial charge on any atom is 0.290 e. The molecule has 0 amide bonds. The van der Waals surface area contributed by atoms with Gasteiger partial charge in [0, 0.05) is 24.1 Å². The third-order valence-corrected chi connectivity index (χ3v) is 2.28. The van der Waals surface area contributed by atoms with Crippen molar-refractivity contribution in [2.24, 2.45) is 5.11 Å². The molecule has 1 aromatic carbocycles. The van der Waals surface area contributed by atoms with Gasteiger partial charge in [0.05, 0.1) is 5.10 Å². The number of benzene rings is 1. The molecule has 0 saturated carbocycles. The van der Waals surface area contributed by atoms with Crippen molar-refractivity contribution in [1.29, 1.82) is 0 Å². The minimum Gasteiger partial charge on any atom is -0.594 e. The number of rotatable bonds is 5. The normalized spacial score (nSPS) is 10.0. The number of hydrogen-bond donors (Lipinski definition) is 1. The van der Waals surface area contributed by atoms with Gasteiger partial charge in [0.2, 0.25) is 0 Å². The summed E-state index contributed by atoms with van der Waals surface area (Å²) in [5, 5.41) is 21.7. The molecule has 1 N–H and O–H groups in total. The first-order chi connectivity index (χ1) is 8.81. The molecule has 1 heterocycles. The van der Waals surface area contributed by atoms with Crippen molar-refractivity contribution < 1.29 is 4.85 Å². The van der Waals surface area contributed by atoms with Gasteiger partial charge in [-0.05, 0) is 22.9 Å². The predicted octanol–water partition coefficient (Wildman–Crippen LogP) is 1.38. The molecule has 8 nitrogen and oxygen atoms in total. The van der Waals surface area contributed by atoms with Crippen LogP contribution in [-0.4, -0.2) is 23.2 Å². The number of nitrogens with one attached hydrogen (secondary N) is 1. The zero-order chi connectivity index (χ0) is 12.8. The summed E-state index contributed by atoms with van der Waals surface area (Å²) in [4.78, 5) is 7.39. The van der Waals surface area contributed by atoms with Crippen LogP contribution >= 0.6 is 0 Å². The van der Waals surface area contributed by atoms with Crippen LogP contribution in [0.1, 0.15) is 6.42 Å². The zero-order valence-corrected chi connectivity index (χ0v) is 9.52. The Balaban J connectivity index is 2.07. The topological polar surface area (TPSA) is 114 Å². The molecule has 0 fully saturated rings. The van der Waals surface area contributed by atoms with Crippen LogP contribution in [-0.2, 0) is 0 Å². The van der Waals surface area contributed by atoms with Crippen molar-refractivity contribution in [3.8, 4) is 0 Å². The highest BCUT2D eigenvalue weighted by Crippen LogP contribution is 2.07. The van der Waals surface area contributed by atoms with Gasteiger partial charge in [-0.25, -0.2) is 4.98 Å². The lowest BCUT2D eigenvalue weighted by atomic mass is 10.3. The van der Waals surface area contributed by atoms with E-state index < -0.39 is 0 Å². The Morgan fingerprint density at radius 2 is 2.28 bits per heavy atom. The van der Waals surface area contributed by atoms with Crippen LogP contribution in [0.3, 0.4) is 0 Å². The predicted molar refractivity (Wildman–Crippen MR) is 65.6 cm³/mol. The summed E-state index contributed by atoms with van der Waals surface area (Å²) in [5.74, 6) is 0.268. The minimum atomic E-state index is 0.268. The smallest absolute Gasteiger partial charge is 0.290 e. The zero-order valence-electron chi connectivity index (χ0n) is 9.52. The van der Waals surface area contributed by atoms with E-state index in [1.165, 1.54) is 0 Å². The summed E-state index contributed by atoms with van der Waals surface area (Å²) in [6, 6.07) is 6.97. The monoisotopic (exact) mass is 245 g/mol. The fraction of sp³-hybridized carbons (Fsp3) is 0.300. The second kappa shape index (κ2) is 5.65. The largest absolute Gasteiger partial charge is 0.594 e. The molecule has 0 spiro atoms. The van der Waals surface area contributed by atoms with Crippen LogP contribution in [0.4, 0.5) is 5.95 Å². The van der Waals surface area contributed by atoms with Crippen LogP contribution in [0.25, 0.3) is 21.5 Å². The van der Waals surface area contributed by atoms with E-state index in [0.717, 1.165) is 0 Å². The van der Waals surface area contributed by atoms with E-state index in [1.807, 2.05) is 0 Å². The number of nitrogens with zero attached hydrogens (tertiary/aromatic N) is 6. The second-order valence-electron chi connectivity index (χ2n) is 3.53.